The van der Waals surface area contributed by atoms with E-state index < -0.39 is 0 Å². The van der Waals surface area contributed by atoms with E-state index in [2.05, 4.69) is 37.1 Å². The Kier molecular flexibility index (Phi) is 6.67. The van der Waals surface area contributed by atoms with E-state index in [-0.39, 0.29) is 5.54 Å². The Morgan fingerprint density at radius 1 is 1.22 bits per heavy atom. The molecule has 0 saturated heterocycles. The maximum absolute atomic E-state index is 9.47. The van der Waals surface area contributed by atoms with Crippen LogP contribution in [0.4, 0.5) is 0 Å². The lowest BCUT2D eigenvalue weighted by Gasteiger charge is -2.29. The predicted molar refractivity (Wildman–Crippen MR) is 76.4 cm³/mol. The summed E-state index contributed by atoms with van der Waals surface area (Å²) in [5, 5.41) is 12.9. The molecule has 0 heterocycles. The SMILES string of the molecule is CCCNC1(C#N)CCC(N(CCC)CCC)C1. The molecule has 1 saturated carbocycles. The topological polar surface area (TPSA) is 39.1 Å². The lowest BCUT2D eigenvalue weighted by molar-refractivity contribution is 0.192. The summed E-state index contributed by atoms with van der Waals surface area (Å²) in [5.74, 6) is 0. The molecule has 1 fully saturated rings. The number of nitrogens with zero attached hydrogens (tertiary/aromatic N) is 2. The fraction of sp³-hybridized carbons (Fsp3) is 0.933. The molecule has 0 bridgehead atoms. The summed E-state index contributed by atoms with van der Waals surface area (Å²) in [5.41, 5.74) is -0.250. The highest BCUT2D eigenvalue weighted by Gasteiger charge is 2.40. The Balaban J connectivity index is 2.58. The molecular formula is C15H29N3. The van der Waals surface area contributed by atoms with Gasteiger partial charge in [-0.1, -0.05) is 20.8 Å². The average Bonchev–Trinajstić information content (AvgIpc) is 2.81. The summed E-state index contributed by atoms with van der Waals surface area (Å²) >= 11 is 0. The van der Waals surface area contributed by atoms with Gasteiger partial charge < -0.3 is 4.90 Å². The van der Waals surface area contributed by atoms with Gasteiger partial charge in [0.1, 0.15) is 5.54 Å². The van der Waals surface area contributed by atoms with Crippen LogP contribution in [0.2, 0.25) is 0 Å². The lowest BCUT2D eigenvalue weighted by Crippen LogP contribution is -2.44. The van der Waals surface area contributed by atoms with Gasteiger partial charge in [-0.3, -0.25) is 5.32 Å². The van der Waals surface area contributed by atoms with Crippen LogP contribution in [0, 0.1) is 11.3 Å². The quantitative estimate of drug-likeness (QED) is 0.721. The second-order valence-corrected chi connectivity index (χ2v) is 5.55. The second-order valence-electron chi connectivity index (χ2n) is 5.55. The molecule has 2 atom stereocenters. The van der Waals surface area contributed by atoms with Crippen molar-refractivity contribution in [2.75, 3.05) is 19.6 Å². The smallest absolute Gasteiger partial charge is 0.108 e. The molecule has 3 nitrogen and oxygen atoms in total. The Hall–Kier alpha value is -0.590. The summed E-state index contributed by atoms with van der Waals surface area (Å²) in [4.78, 5) is 2.59. The monoisotopic (exact) mass is 251 g/mol. The maximum Gasteiger partial charge on any atom is 0.108 e. The number of nitrogens with one attached hydrogen (secondary N) is 1. The zero-order valence-corrected chi connectivity index (χ0v) is 12.3. The lowest BCUT2D eigenvalue weighted by atomic mass is 9.99. The first kappa shape index (κ1) is 15.5. The Morgan fingerprint density at radius 3 is 2.39 bits per heavy atom. The van der Waals surface area contributed by atoms with Crippen molar-refractivity contribution in [3.63, 3.8) is 0 Å². The minimum Gasteiger partial charge on any atom is -0.300 e. The molecule has 0 aliphatic heterocycles. The fourth-order valence-corrected chi connectivity index (χ4v) is 3.05. The molecule has 1 rings (SSSR count). The number of hydrogen-bond acceptors (Lipinski definition) is 3. The van der Waals surface area contributed by atoms with Gasteiger partial charge in [-0.25, -0.2) is 0 Å². The van der Waals surface area contributed by atoms with E-state index in [1.807, 2.05) is 0 Å². The van der Waals surface area contributed by atoms with Crippen LogP contribution in [-0.4, -0.2) is 36.1 Å². The third-order valence-electron chi connectivity index (χ3n) is 3.95. The van der Waals surface area contributed by atoms with Crippen molar-refractivity contribution in [3.8, 4) is 6.07 Å². The fourth-order valence-electron chi connectivity index (χ4n) is 3.05. The number of rotatable bonds is 8. The molecule has 2 unspecified atom stereocenters. The third kappa shape index (κ3) is 3.96. The first-order chi connectivity index (χ1) is 8.71. The van der Waals surface area contributed by atoms with Crippen molar-refractivity contribution in [1.82, 2.24) is 10.2 Å². The largest absolute Gasteiger partial charge is 0.300 e. The van der Waals surface area contributed by atoms with Gasteiger partial charge in [-0.15, -0.1) is 0 Å². The van der Waals surface area contributed by atoms with Crippen LogP contribution in [0.15, 0.2) is 0 Å². The van der Waals surface area contributed by atoms with Crippen LogP contribution < -0.4 is 5.32 Å². The predicted octanol–water partition coefficient (Wildman–Crippen LogP) is 2.92. The molecule has 1 aliphatic rings. The minimum atomic E-state index is -0.250. The molecule has 0 aromatic rings. The number of hydrogen-bond donors (Lipinski definition) is 1. The zero-order valence-electron chi connectivity index (χ0n) is 12.3. The van der Waals surface area contributed by atoms with Crippen LogP contribution in [0.25, 0.3) is 0 Å². The molecule has 18 heavy (non-hydrogen) atoms. The molecule has 0 aromatic carbocycles. The molecule has 1 N–H and O–H groups in total. The van der Waals surface area contributed by atoms with Crippen LogP contribution >= 0.6 is 0 Å². The van der Waals surface area contributed by atoms with Gasteiger partial charge in [0.2, 0.25) is 0 Å². The van der Waals surface area contributed by atoms with Gasteiger partial charge in [0.05, 0.1) is 6.07 Å². The standard InChI is InChI=1S/C15H29N3/c1-4-9-17-15(13-16)8-7-14(12-15)18(10-5-2)11-6-3/h14,17H,4-12H2,1-3H3. The molecule has 0 aromatic heterocycles. The van der Waals surface area contributed by atoms with E-state index in [1.165, 1.54) is 32.4 Å². The van der Waals surface area contributed by atoms with Crippen LogP contribution in [-0.2, 0) is 0 Å². The maximum atomic E-state index is 9.47. The van der Waals surface area contributed by atoms with Gasteiger partial charge in [0.15, 0.2) is 0 Å². The highest BCUT2D eigenvalue weighted by atomic mass is 15.2. The summed E-state index contributed by atoms with van der Waals surface area (Å²) in [6.07, 6.45) is 6.70. The van der Waals surface area contributed by atoms with Gasteiger partial charge in [0, 0.05) is 6.04 Å². The Morgan fingerprint density at radius 2 is 1.89 bits per heavy atom. The van der Waals surface area contributed by atoms with Crippen molar-refractivity contribution in [2.45, 2.75) is 70.9 Å². The molecule has 0 amide bonds. The highest BCUT2D eigenvalue weighted by molar-refractivity contribution is 5.13. The van der Waals surface area contributed by atoms with E-state index in [9.17, 15) is 5.26 Å². The zero-order chi connectivity index (χ0) is 13.4. The van der Waals surface area contributed by atoms with Crippen LogP contribution in [0.3, 0.4) is 0 Å². The van der Waals surface area contributed by atoms with E-state index in [0.29, 0.717) is 6.04 Å². The summed E-state index contributed by atoms with van der Waals surface area (Å²) in [6, 6.07) is 3.15. The molecule has 104 valence electrons. The summed E-state index contributed by atoms with van der Waals surface area (Å²) in [7, 11) is 0. The van der Waals surface area contributed by atoms with Crippen molar-refractivity contribution < 1.29 is 0 Å². The van der Waals surface area contributed by atoms with Gasteiger partial charge in [-0.2, -0.15) is 5.26 Å². The first-order valence-corrected chi connectivity index (χ1v) is 7.61. The second kappa shape index (κ2) is 7.76. The van der Waals surface area contributed by atoms with Crippen molar-refractivity contribution in [1.29, 1.82) is 5.26 Å². The van der Waals surface area contributed by atoms with Crippen LogP contribution in [0.1, 0.15) is 59.3 Å². The van der Waals surface area contributed by atoms with E-state index >= 15 is 0 Å². The van der Waals surface area contributed by atoms with Crippen molar-refractivity contribution in [3.05, 3.63) is 0 Å². The molecule has 0 radical (unpaired) electrons. The first-order valence-electron chi connectivity index (χ1n) is 7.61. The Labute approximate surface area is 113 Å². The minimum absolute atomic E-state index is 0.250. The molecular weight excluding hydrogens is 222 g/mol. The average molecular weight is 251 g/mol. The molecule has 3 heteroatoms. The summed E-state index contributed by atoms with van der Waals surface area (Å²) < 4.78 is 0. The normalized spacial score (nSPS) is 27.6. The number of nitriles is 1. The third-order valence-corrected chi connectivity index (χ3v) is 3.95. The van der Waals surface area contributed by atoms with Crippen molar-refractivity contribution >= 4 is 0 Å². The van der Waals surface area contributed by atoms with Crippen molar-refractivity contribution in [2.24, 2.45) is 0 Å². The van der Waals surface area contributed by atoms with Gasteiger partial charge in [0.25, 0.3) is 0 Å². The highest BCUT2D eigenvalue weighted by Crippen LogP contribution is 2.33. The van der Waals surface area contributed by atoms with E-state index in [1.54, 1.807) is 0 Å². The van der Waals surface area contributed by atoms with E-state index in [0.717, 1.165) is 25.8 Å². The van der Waals surface area contributed by atoms with Crippen LogP contribution in [0.5, 0.6) is 0 Å². The molecule has 0 spiro atoms. The van der Waals surface area contributed by atoms with Gasteiger partial charge >= 0.3 is 0 Å². The summed E-state index contributed by atoms with van der Waals surface area (Å²) in [6.45, 7) is 9.95. The van der Waals surface area contributed by atoms with Gasteiger partial charge in [-0.05, 0) is 58.2 Å². The Bertz CT molecular complexity index is 265. The molecule has 1 aliphatic carbocycles. The van der Waals surface area contributed by atoms with E-state index in [4.69, 9.17) is 0 Å².